The van der Waals surface area contributed by atoms with Crippen molar-refractivity contribution in [3.63, 3.8) is 0 Å². The molecule has 0 saturated heterocycles. The van der Waals surface area contributed by atoms with Gasteiger partial charge < -0.3 is 9.84 Å². The van der Waals surface area contributed by atoms with E-state index in [2.05, 4.69) is 12.1 Å². The summed E-state index contributed by atoms with van der Waals surface area (Å²) in [5.74, 6) is 0.843. The lowest BCUT2D eigenvalue weighted by Gasteiger charge is -2.05. The first kappa shape index (κ1) is 9.99. The minimum Gasteiger partial charge on any atom is -0.493 e. The van der Waals surface area contributed by atoms with Crippen molar-refractivity contribution < 1.29 is 9.84 Å². The fourth-order valence-corrected chi connectivity index (χ4v) is 1.49. The molecule has 0 heterocycles. The number of rotatable bonds is 4. The topological polar surface area (TPSA) is 29.5 Å². The second-order valence-electron chi connectivity index (χ2n) is 3.33. The first-order valence-electron chi connectivity index (χ1n) is 4.97. The Kier molecular flexibility index (Phi) is 3.20. The Morgan fingerprint density at radius 1 is 1.07 bits per heavy atom. The molecule has 0 amide bonds. The molecule has 0 atom stereocenters. The van der Waals surface area contributed by atoms with Crippen molar-refractivity contribution in [2.24, 2.45) is 0 Å². The molecule has 0 fully saturated rings. The van der Waals surface area contributed by atoms with Crippen LogP contribution in [0.2, 0.25) is 0 Å². The molecule has 0 aliphatic heterocycles. The van der Waals surface area contributed by atoms with Gasteiger partial charge >= 0.3 is 0 Å². The van der Waals surface area contributed by atoms with Gasteiger partial charge in [0.25, 0.3) is 0 Å². The summed E-state index contributed by atoms with van der Waals surface area (Å²) in [6.07, 6.45) is 0.548. The van der Waals surface area contributed by atoms with Crippen molar-refractivity contribution in [1.82, 2.24) is 0 Å². The highest BCUT2D eigenvalue weighted by Crippen LogP contribution is 2.20. The highest BCUT2D eigenvalue weighted by Gasteiger charge is 1.96. The molecule has 0 saturated carbocycles. The van der Waals surface area contributed by atoms with Gasteiger partial charge in [-0.15, -0.1) is 0 Å². The lowest BCUT2D eigenvalue weighted by atomic mass is 10.1. The first-order chi connectivity index (χ1) is 7.40. The van der Waals surface area contributed by atoms with Crippen molar-refractivity contribution in [1.29, 1.82) is 0 Å². The average molecular weight is 201 g/mol. The minimum atomic E-state index is 0.509. The summed E-state index contributed by atoms with van der Waals surface area (Å²) < 4.78 is 5.46. The second-order valence-corrected chi connectivity index (χ2v) is 3.33. The van der Waals surface area contributed by atoms with Crippen molar-refractivity contribution in [2.45, 2.75) is 6.42 Å². The normalized spacial score (nSPS) is 10.5. The Hall–Kier alpha value is -1.54. The molecule has 0 unspecified atom stereocenters. The van der Waals surface area contributed by atoms with Crippen LogP contribution in [-0.2, 0) is 0 Å². The Bertz CT molecular complexity index is 437. The summed E-state index contributed by atoms with van der Waals surface area (Å²) in [6, 6.07) is 14.1. The summed E-state index contributed by atoms with van der Waals surface area (Å²) >= 11 is 0. The molecule has 0 bridgehead atoms. The summed E-state index contributed by atoms with van der Waals surface area (Å²) in [5, 5.41) is 10.9. The van der Waals surface area contributed by atoms with Crippen LogP contribution in [0.5, 0.6) is 5.75 Å². The SMILES string of the molecule is O[CH]CCOc1ccc2ccccc2c1. The molecule has 2 heteroatoms. The van der Waals surface area contributed by atoms with Crippen molar-refractivity contribution in [3.8, 4) is 5.75 Å². The van der Waals surface area contributed by atoms with Gasteiger partial charge in [0, 0.05) is 6.42 Å². The van der Waals surface area contributed by atoms with Crippen LogP contribution in [0.25, 0.3) is 10.8 Å². The molecule has 2 nitrogen and oxygen atoms in total. The second kappa shape index (κ2) is 4.80. The lowest BCUT2D eigenvalue weighted by molar-refractivity contribution is 0.281. The summed E-state index contributed by atoms with van der Waals surface area (Å²) in [5.41, 5.74) is 0. The fourth-order valence-electron chi connectivity index (χ4n) is 1.49. The van der Waals surface area contributed by atoms with Gasteiger partial charge in [-0.05, 0) is 22.9 Å². The summed E-state index contributed by atoms with van der Waals surface area (Å²) in [7, 11) is 0. The van der Waals surface area contributed by atoms with Gasteiger partial charge in [0.2, 0.25) is 0 Å². The molecule has 1 N–H and O–H groups in total. The minimum absolute atomic E-state index is 0.509. The van der Waals surface area contributed by atoms with E-state index in [0.29, 0.717) is 13.0 Å². The third-order valence-electron chi connectivity index (χ3n) is 2.24. The van der Waals surface area contributed by atoms with Gasteiger partial charge in [-0.3, -0.25) is 0 Å². The zero-order valence-corrected chi connectivity index (χ0v) is 8.39. The predicted molar refractivity (Wildman–Crippen MR) is 60.3 cm³/mol. The lowest BCUT2D eigenvalue weighted by Crippen LogP contribution is -1.96. The van der Waals surface area contributed by atoms with E-state index >= 15 is 0 Å². The molecule has 0 aromatic heterocycles. The van der Waals surface area contributed by atoms with Gasteiger partial charge in [0.15, 0.2) is 0 Å². The van der Waals surface area contributed by atoms with Gasteiger partial charge in [0.05, 0.1) is 13.2 Å². The van der Waals surface area contributed by atoms with Gasteiger partial charge in [-0.2, -0.15) is 0 Å². The largest absolute Gasteiger partial charge is 0.493 e. The maximum atomic E-state index is 8.51. The maximum Gasteiger partial charge on any atom is 0.119 e. The molecule has 77 valence electrons. The number of aliphatic hydroxyl groups is 1. The van der Waals surface area contributed by atoms with Crippen LogP contribution >= 0.6 is 0 Å². The van der Waals surface area contributed by atoms with E-state index < -0.39 is 0 Å². The zero-order valence-electron chi connectivity index (χ0n) is 8.39. The summed E-state index contributed by atoms with van der Waals surface area (Å²) in [4.78, 5) is 0. The Morgan fingerprint density at radius 3 is 2.67 bits per heavy atom. The van der Waals surface area contributed by atoms with E-state index in [9.17, 15) is 0 Å². The van der Waals surface area contributed by atoms with Crippen LogP contribution in [0.4, 0.5) is 0 Å². The van der Waals surface area contributed by atoms with Crippen LogP contribution < -0.4 is 4.74 Å². The van der Waals surface area contributed by atoms with E-state index in [4.69, 9.17) is 9.84 Å². The van der Waals surface area contributed by atoms with Gasteiger partial charge in [0.1, 0.15) is 5.75 Å². The quantitative estimate of drug-likeness (QED) is 0.770. The van der Waals surface area contributed by atoms with E-state index in [1.807, 2.05) is 30.3 Å². The number of hydrogen-bond acceptors (Lipinski definition) is 2. The van der Waals surface area contributed by atoms with Crippen molar-refractivity contribution in [3.05, 3.63) is 49.1 Å². The average Bonchev–Trinajstić information content (AvgIpc) is 2.29. The molecule has 1 radical (unpaired) electrons. The third kappa shape index (κ3) is 2.48. The molecule has 15 heavy (non-hydrogen) atoms. The molecule has 0 spiro atoms. The Balaban J connectivity index is 2.16. The van der Waals surface area contributed by atoms with Crippen molar-refractivity contribution in [2.75, 3.05) is 6.61 Å². The molecule has 2 aromatic rings. The Morgan fingerprint density at radius 2 is 1.87 bits per heavy atom. The zero-order chi connectivity index (χ0) is 10.5. The van der Waals surface area contributed by atoms with E-state index in [-0.39, 0.29) is 0 Å². The molecule has 2 rings (SSSR count). The number of ether oxygens (including phenoxy) is 1. The van der Waals surface area contributed by atoms with Gasteiger partial charge in [-0.1, -0.05) is 30.3 Å². The number of aliphatic hydroxyl groups excluding tert-OH is 1. The van der Waals surface area contributed by atoms with Crippen LogP contribution in [0, 0.1) is 6.61 Å². The highest BCUT2D eigenvalue weighted by molar-refractivity contribution is 5.83. The van der Waals surface area contributed by atoms with E-state index in [0.717, 1.165) is 12.4 Å². The fraction of sp³-hybridized carbons (Fsp3) is 0.154. The van der Waals surface area contributed by atoms with Crippen LogP contribution in [0.15, 0.2) is 42.5 Å². The van der Waals surface area contributed by atoms with E-state index in [1.54, 1.807) is 0 Å². The van der Waals surface area contributed by atoms with Crippen LogP contribution in [0.3, 0.4) is 0 Å². The predicted octanol–water partition coefficient (Wildman–Crippen LogP) is 3.14. The number of benzene rings is 2. The smallest absolute Gasteiger partial charge is 0.119 e. The monoisotopic (exact) mass is 201 g/mol. The molecular formula is C13H13O2. The number of fused-ring (bicyclic) bond motifs is 1. The third-order valence-corrected chi connectivity index (χ3v) is 2.24. The summed E-state index contributed by atoms with van der Waals surface area (Å²) in [6.45, 7) is 1.62. The van der Waals surface area contributed by atoms with Gasteiger partial charge in [-0.25, -0.2) is 0 Å². The van der Waals surface area contributed by atoms with Crippen molar-refractivity contribution >= 4 is 10.8 Å². The molecule has 2 aromatic carbocycles. The standard InChI is InChI=1S/C13H13O2/c14-8-3-9-15-13-7-6-11-4-1-2-5-12(11)10-13/h1-2,4-8,10,14H,3,9H2. The Labute approximate surface area is 89.1 Å². The highest BCUT2D eigenvalue weighted by atomic mass is 16.5. The molecule has 0 aliphatic carbocycles. The first-order valence-corrected chi connectivity index (χ1v) is 4.97. The number of hydrogen-bond donors (Lipinski definition) is 1. The molecule has 0 aliphatic rings. The molecular weight excluding hydrogens is 188 g/mol. The van der Waals surface area contributed by atoms with E-state index in [1.165, 1.54) is 10.8 Å². The maximum absolute atomic E-state index is 8.51. The van der Waals surface area contributed by atoms with Crippen LogP contribution in [0.1, 0.15) is 6.42 Å². The van der Waals surface area contributed by atoms with Crippen LogP contribution in [-0.4, -0.2) is 11.7 Å².